The second-order valence-electron chi connectivity index (χ2n) is 6.73. The number of nitrogens with one attached hydrogen (secondary N) is 2. The van der Waals surface area contributed by atoms with Gasteiger partial charge in [-0.3, -0.25) is 10.2 Å². The van der Waals surface area contributed by atoms with E-state index in [1.54, 1.807) is 30.3 Å². The van der Waals surface area contributed by atoms with E-state index < -0.39 is 18.1 Å². The lowest BCUT2D eigenvalue weighted by molar-refractivity contribution is -0.192. The Balaban J connectivity index is 0.000000718. The average molecular weight is 483 g/mol. The second kappa shape index (κ2) is 12.8. The van der Waals surface area contributed by atoms with Crippen LogP contribution in [0.3, 0.4) is 0 Å². The lowest BCUT2D eigenvalue weighted by Gasteiger charge is -2.10. The first kappa shape index (κ1) is 27.9. The number of ether oxygens (including phenoxy) is 1. The standard InChI is InChI=1S/C20H23N3O4.C2HF3O2/c1-2-13-11-15(7-8-17(13)20(25)26)19(24)23-9-4-10-27-16-6-3-5-14(12-16)18(21)22;3-2(4,5)1(6)7/h3,5-8,11-12H,2,4,9-10H2,1H3,(H3,21,22)(H,23,24)(H,25,26);(H,6,7). The number of hydrogen-bond acceptors (Lipinski definition) is 5. The van der Waals surface area contributed by atoms with Crippen LogP contribution in [0.1, 0.15) is 45.2 Å². The van der Waals surface area contributed by atoms with E-state index in [1.807, 2.05) is 6.92 Å². The van der Waals surface area contributed by atoms with Crippen molar-refractivity contribution in [3.8, 4) is 5.75 Å². The molecule has 0 bridgehead atoms. The highest BCUT2D eigenvalue weighted by molar-refractivity contribution is 5.97. The number of amides is 1. The van der Waals surface area contributed by atoms with E-state index in [2.05, 4.69) is 5.32 Å². The molecule has 0 spiro atoms. The molecule has 12 heteroatoms. The minimum absolute atomic E-state index is 0.0203. The first-order chi connectivity index (χ1) is 15.9. The molecule has 2 aromatic rings. The summed E-state index contributed by atoms with van der Waals surface area (Å²) in [5, 5.41) is 26.5. The largest absolute Gasteiger partial charge is 0.494 e. The number of rotatable bonds is 9. The molecule has 0 saturated carbocycles. The Bertz CT molecular complexity index is 1040. The van der Waals surface area contributed by atoms with Crippen LogP contribution in [0.15, 0.2) is 42.5 Å². The van der Waals surface area contributed by atoms with Gasteiger partial charge in [0.15, 0.2) is 0 Å². The maximum atomic E-state index is 12.2. The van der Waals surface area contributed by atoms with Crippen molar-refractivity contribution in [2.45, 2.75) is 25.9 Å². The van der Waals surface area contributed by atoms with E-state index >= 15 is 0 Å². The van der Waals surface area contributed by atoms with Gasteiger partial charge in [-0.1, -0.05) is 19.1 Å². The molecule has 0 radical (unpaired) electrons. The van der Waals surface area contributed by atoms with Crippen LogP contribution < -0.4 is 15.8 Å². The number of halogens is 3. The predicted octanol–water partition coefficient (Wildman–Crippen LogP) is 3.06. The zero-order chi connectivity index (χ0) is 25.9. The van der Waals surface area contributed by atoms with E-state index in [9.17, 15) is 22.8 Å². The van der Waals surface area contributed by atoms with Crippen LogP contribution in [0, 0.1) is 5.41 Å². The number of hydrogen-bond donors (Lipinski definition) is 5. The summed E-state index contributed by atoms with van der Waals surface area (Å²) in [6.45, 7) is 2.68. The fraction of sp³-hybridized carbons (Fsp3) is 0.273. The molecule has 2 rings (SSSR count). The molecule has 34 heavy (non-hydrogen) atoms. The van der Waals surface area contributed by atoms with Gasteiger partial charge in [-0.25, -0.2) is 9.59 Å². The zero-order valence-corrected chi connectivity index (χ0v) is 18.1. The van der Waals surface area contributed by atoms with E-state index in [1.165, 1.54) is 12.1 Å². The maximum Gasteiger partial charge on any atom is 0.490 e. The Hall–Kier alpha value is -4.09. The zero-order valence-electron chi connectivity index (χ0n) is 18.1. The van der Waals surface area contributed by atoms with Crippen LogP contribution in [-0.2, 0) is 11.2 Å². The van der Waals surface area contributed by atoms with Crippen molar-refractivity contribution < 1.29 is 42.5 Å². The van der Waals surface area contributed by atoms with Crippen molar-refractivity contribution in [1.29, 1.82) is 5.41 Å². The topological polar surface area (TPSA) is 163 Å². The number of aliphatic carboxylic acids is 1. The third-order valence-corrected chi connectivity index (χ3v) is 4.24. The Morgan fingerprint density at radius 1 is 1.09 bits per heavy atom. The van der Waals surface area contributed by atoms with Gasteiger partial charge < -0.3 is 26.0 Å². The number of carboxylic acid groups (broad SMARTS) is 2. The monoisotopic (exact) mass is 483 g/mol. The molecular weight excluding hydrogens is 459 g/mol. The van der Waals surface area contributed by atoms with Gasteiger partial charge in [0.2, 0.25) is 0 Å². The highest BCUT2D eigenvalue weighted by Crippen LogP contribution is 2.15. The Labute approximate surface area is 192 Å². The number of nitrogen functional groups attached to an aromatic ring is 1. The van der Waals surface area contributed by atoms with E-state index in [0.29, 0.717) is 48.4 Å². The molecule has 0 aliphatic heterocycles. The summed E-state index contributed by atoms with van der Waals surface area (Å²) in [6, 6.07) is 11.6. The molecule has 0 fully saturated rings. The summed E-state index contributed by atoms with van der Waals surface area (Å²) >= 11 is 0. The van der Waals surface area contributed by atoms with Crippen molar-refractivity contribution in [3.05, 3.63) is 64.7 Å². The van der Waals surface area contributed by atoms with Gasteiger partial charge in [0, 0.05) is 17.7 Å². The maximum absolute atomic E-state index is 12.2. The Kier molecular flexibility index (Phi) is 10.5. The third kappa shape index (κ3) is 9.18. The summed E-state index contributed by atoms with van der Waals surface area (Å²) in [5.74, 6) is -3.41. The number of benzene rings is 2. The van der Waals surface area contributed by atoms with E-state index in [4.69, 9.17) is 30.9 Å². The Morgan fingerprint density at radius 2 is 1.74 bits per heavy atom. The smallest absolute Gasteiger partial charge is 0.490 e. The first-order valence-electron chi connectivity index (χ1n) is 9.88. The fourth-order valence-electron chi connectivity index (χ4n) is 2.56. The number of aryl methyl sites for hydroxylation is 1. The number of aromatic carboxylic acids is 1. The Morgan fingerprint density at radius 3 is 2.26 bits per heavy atom. The van der Waals surface area contributed by atoms with Crippen LogP contribution in [0.2, 0.25) is 0 Å². The van der Waals surface area contributed by atoms with E-state index in [-0.39, 0.29) is 17.3 Å². The van der Waals surface area contributed by atoms with Crippen LogP contribution in [0.25, 0.3) is 0 Å². The summed E-state index contributed by atoms with van der Waals surface area (Å²) in [7, 11) is 0. The lowest BCUT2D eigenvalue weighted by atomic mass is 10.0. The van der Waals surface area contributed by atoms with Gasteiger partial charge in [0.05, 0.1) is 12.2 Å². The number of nitrogens with two attached hydrogens (primary N) is 1. The summed E-state index contributed by atoms with van der Waals surface area (Å²) in [4.78, 5) is 32.3. The van der Waals surface area contributed by atoms with Crippen molar-refractivity contribution >= 4 is 23.7 Å². The normalized spacial score (nSPS) is 10.5. The molecule has 0 aliphatic carbocycles. The minimum Gasteiger partial charge on any atom is -0.494 e. The lowest BCUT2D eigenvalue weighted by Crippen LogP contribution is -2.25. The van der Waals surface area contributed by atoms with Crippen LogP contribution >= 0.6 is 0 Å². The van der Waals surface area contributed by atoms with Crippen LogP contribution in [-0.4, -0.2) is 53.2 Å². The number of carbonyl (C=O) groups is 3. The van der Waals surface area contributed by atoms with Crippen molar-refractivity contribution in [3.63, 3.8) is 0 Å². The SMILES string of the molecule is CCc1cc(C(=O)NCCCOc2cccc(C(=N)N)c2)ccc1C(=O)O.O=C(O)C(F)(F)F. The molecule has 0 atom stereocenters. The average Bonchev–Trinajstić information content (AvgIpc) is 2.78. The molecule has 0 unspecified atom stereocenters. The predicted molar refractivity (Wildman–Crippen MR) is 116 cm³/mol. The molecule has 1 amide bonds. The minimum atomic E-state index is -5.08. The van der Waals surface area contributed by atoms with Gasteiger partial charge in [-0.2, -0.15) is 13.2 Å². The third-order valence-electron chi connectivity index (χ3n) is 4.24. The molecule has 184 valence electrons. The van der Waals surface area contributed by atoms with Gasteiger partial charge in [0.25, 0.3) is 5.91 Å². The molecule has 2 aromatic carbocycles. The van der Waals surface area contributed by atoms with Gasteiger partial charge in [-0.05, 0) is 48.7 Å². The second-order valence-corrected chi connectivity index (χ2v) is 6.73. The first-order valence-corrected chi connectivity index (χ1v) is 9.88. The highest BCUT2D eigenvalue weighted by atomic mass is 19.4. The molecule has 0 saturated heterocycles. The summed E-state index contributed by atoms with van der Waals surface area (Å²) in [6.07, 6.45) is -3.94. The van der Waals surface area contributed by atoms with Crippen molar-refractivity contribution in [2.24, 2.45) is 5.73 Å². The molecule has 0 heterocycles. The van der Waals surface area contributed by atoms with Gasteiger partial charge in [-0.15, -0.1) is 0 Å². The van der Waals surface area contributed by atoms with E-state index in [0.717, 1.165) is 0 Å². The number of amidine groups is 1. The van der Waals surface area contributed by atoms with Gasteiger partial charge >= 0.3 is 18.1 Å². The van der Waals surface area contributed by atoms with Crippen molar-refractivity contribution in [2.75, 3.05) is 13.2 Å². The van der Waals surface area contributed by atoms with Crippen LogP contribution in [0.4, 0.5) is 13.2 Å². The fourth-order valence-corrected chi connectivity index (χ4v) is 2.56. The molecule has 9 nitrogen and oxygen atoms in total. The summed E-state index contributed by atoms with van der Waals surface area (Å²) < 4.78 is 37.3. The quantitative estimate of drug-likeness (QED) is 0.208. The molecule has 6 N–H and O–H groups in total. The van der Waals surface area contributed by atoms with Gasteiger partial charge in [0.1, 0.15) is 11.6 Å². The molecular formula is C22H24F3N3O6. The number of carbonyl (C=O) groups excluding carboxylic acids is 1. The molecule has 0 aromatic heterocycles. The summed E-state index contributed by atoms with van der Waals surface area (Å²) in [5.41, 5.74) is 7.32. The van der Waals surface area contributed by atoms with Crippen molar-refractivity contribution in [1.82, 2.24) is 5.32 Å². The van der Waals surface area contributed by atoms with Crippen LogP contribution in [0.5, 0.6) is 5.75 Å². The highest BCUT2D eigenvalue weighted by Gasteiger charge is 2.38. The number of carboxylic acids is 2. The molecule has 0 aliphatic rings. The number of alkyl halides is 3.